The highest BCUT2D eigenvalue weighted by Crippen LogP contribution is 2.46. The third kappa shape index (κ3) is 13.2. The number of fused-ring (bicyclic) bond motifs is 27. The summed E-state index contributed by atoms with van der Waals surface area (Å²) >= 11 is 0. The molecule has 30 aromatic rings. The SMILES string of the molecule is N#Cc1cc2ccc(-n3c4ccccc4c4cc(-c5ccc6c7ccccc7n(-c7ccccc7)c6c5)ccc43)cc2c2ccccc12.N#Cc1ccc2c(ccc3cc(-n4c5ccccc5c5cc(-c6ccc7c8ccccc8n(-c8ccccc8)c7c6)ccc54)ccc32)c1.N#Cc1ccc2c(ccc3ccc(-n4c5ccccc5c5cc(-c6ccc7c8ccccc8n(-c8ccccc8)c7c6)ccc54)cc32)c1. The molecule has 666 valence electrons. The highest BCUT2D eigenvalue weighted by atomic mass is 15.0. The Labute approximate surface area is 826 Å². The zero-order chi connectivity index (χ0) is 95.3. The maximum absolute atomic E-state index is 9.84. The number of benzene rings is 24. The molecule has 6 heterocycles. The van der Waals surface area contributed by atoms with Gasteiger partial charge >= 0.3 is 0 Å². The van der Waals surface area contributed by atoms with Crippen molar-refractivity contribution in [2.45, 2.75) is 0 Å². The molecule has 0 atom stereocenters. The highest BCUT2D eigenvalue weighted by Gasteiger charge is 2.24. The van der Waals surface area contributed by atoms with Crippen molar-refractivity contribution in [2.75, 3.05) is 0 Å². The summed E-state index contributed by atoms with van der Waals surface area (Å²) in [5.41, 5.74) is 30.3. The molecule has 0 radical (unpaired) electrons. The summed E-state index contributed by atoms with van der Waals surface area (Å²) in [6.45, 7) is 0. The number of hydrogen-bond acceptors (Lipinski definition) is 3. The average Bonchev–Trinajstić information content (AvgIpc) is 1.58. The van der Waals surface area contributed by atoms with Crippen molar-refractivity contribution in [1.29, 1.82) is 15.8 Å². The van der Waals surface area contributed by atoms with Gasteiger partial charge in [-0.05, 0) is 287 Å². The van der Waals surface area contributed by atoms with Crippen LogP contribution in [0, 0.1) is 34.0 Å². The molecule has 0 unspecified atom stereocenters. The Hall–Kier alpha value is -19.9. The van der Waals surface area contributed by atoms with Crippen LogP contribution in [-0.4, -0.2) is 27.4 Å². The quantitative estimate of drug-likeness (QED) is 0.135. The number of nitriles is 3. The van der Waals surface area contributed by atoms with Gasteiger partial charge in [0, 0.05) is 104 Å². The van der Waals surface area contributed by atoms with Gasteiger partial charge in [-0.1, -0.05) is 297 Å². The zero-order valence-electron chi connectivity index (χ0n) is 77.8. The highest BCUT2D eigenvalue weighted by molar-refractivity contribution is 6.20. The standard InChI is InChI=1S/3C45H27N3/c46-28-29-14-21-36-33(24-29)16-15-30-17-20-35(27-40(30)36)48-43-13-7-5-11-38(43)41-25-31(19-23-44(41)48)32-18-22-39-37-10-4-6-12-42(37)47(45(39)26-32)34-8-2-1-3-9-34;46-28-29-14-20-36-32(24-29)15-16-33-25-35(19-22-37(33)36)48-43-13-7-5-11-39(43)41-26-30(18-23-44(41)48)31-17-21-40-38-10-4-6-12-42(38)47(45(40)27-31)34-8-2-1-3-9-34;46-28-32-24-31-18-21-34(27-40(31)36-13-5-4-12-35(32)36)48-43-17-9-7-15-38(43)41-25-29(20-23-44(41)48)30-19-22-39-37-14-6-8-16-42(37)47(45(39)26-30)33-10-2-1-3-11-33/h3*1-27H. The van der Waals surface area contributed by atoms with Crippen LogP contribution < -0.4 is 0 Å². The summed E-state index contributed by atoms with van der Waals surface area (Å²) in [5.74, 6) is 0. The minimum atomic E-state index is 0.678. The molecular weight excluding hydrogens is 1750 g/mol. The second-order valence-electron chi connectivity index (χ2n) is 37.5. The lowest BCUT2D eigenvalue weighted by Gasteiger charge is -2.12. The Balaban J connectivity index is 0.000000105. The predicted octanol–water partition coefficient (Wildman–Crippen LogP) is 35.2. The van der Waals surface area contributed by atoms with E-state index in [1.807, 2.05) is 48.5 Å². The summed E-state index contributed by atoms with van der Waals surface area (Å²) in [7, 11) is 0. The van der Waals surface area contributed by atoms with Crippen molar-refractivity contribution in [3.8, 4) is 85.7 Å². The molecule has 0 bridgehead atoms. The molecule has 0 amide bonds. The van der Waals surface area contributed by atoms with Crippen molar-refractivity contribution < 1.29 is 0 Å². The molecule has 24 aromatic carbocycles. The normalized spacial score (nSPS) is 11.7. The summed E-state index contributed by atoms with van der Waals surface area (Å²) in [6.07, 6.45) is 0. The third-order valence-corrected chi connectivity index (χ3v) is 29.7. The second kappa shape index (κ2) is 33.2. The van der Waals surface area contributed by atoms with Crippen LogP contribution in [0.2, 0.25) is 0 Å². The first kappa shape index (κ1) is 82.4. The molecule has 0 saturated carbocycles. The van der Waals surface area contributed by atoms with E-state index in [2.05, 4.69) is 488 Å². The van der Waals surface area contributed by atoms with E-state index in [0.29, 0.717) is 16.7 Å². The average molecular weight is 1830 g/mol. The fourth-order valence-electron chi connectivity index (χ4n) is 23.2. The Morgan fingerprint density at radius 2 is 0.368 bits per heavy atom. The van der Waals surface area contributed by atoms with E-state index in [0.717, 1.165) is 82.7 Å². The van der Waals surface area contributed by atoms with Crippen molar-refractivity contribution in [1.82, 2.24) is 27.4 Å². The van der Waals surface area contributed by atoms with Gasteiger partial charge in [0.2, 0.25) is 0 Å². The number of nitrogens with zero attached hydrogens (tertiary/aromatic N) is 9. The van der Waals surface area contributed by atoms with Crippen LogP contribution in [0.5, 0.6) is 0 Å². The van der Waals surface area contributed by atoms with Gasteiger partial charge in [-0.2, -0.15) is 15.8 Å². The van der Waals surface area contributed by atoms with E-state index in [-0.39, 0.29) is 0 Å². The van der Waals surface area contributed by atoms with Crippen LogP contribution in [0.15, 0.2) is 491 Å². The lowest BCUT2D eigenvalue weighted by atomic mass is 9.97. The topological polar surface area (TPSA) is 101 Å². The Morgan fingerprint density at radius 3 is 0.743 bits per heavy atom. The molecule has 30 rings (SSSR count). The molecule has 9 heteroatoms. The van der Waals surface area contributed by atoms with Crippen molar-refractivity contribution >= 4 is 195 Å². The molecule has 0 N–H and O–H groups in total. The van der Waals surface area contributed by atoms with Gasteiger partial charge in [-0.3, -0.25) is 0 Å². The third-order valence-electron chi connectivity index (χ3n) is 29.7. The van der Waals surface area contributed by atoms with Crippen LogP contribution in [0.3, 0.4) is 0 Å². The molecular formula is C135H81N9. The maximum atomic E-state index is 9.84. The number of rotatable bonds is 9. The molecule has 0 spiro atoms. The molecule has 9 nitrogen and oxygen atoms in total. The molecule has 0 saturated heterocycles. The van der Waals surface area contributed by atoms with Crippen LogP contribution in [-0.2, 0) is 0 Å². The van der Waals surface area contributed by atoms with Gasteiger partial charge in [-0.15, -0.1) is 0 Å². The second-order valence-corrected chi connectivity index (χ2v) is 37.5. The zero-order valence-corrected chi connectivity index (χ0v) is 77.8. The van der Waals surface area contributed by atoms with Crippen molar-refractivity contribution in [2.24, 2.45) is 0 Å². The summed E-state index contributed by atoms with van der Waals surface area (Å²) < 4.78 is 14.3. The van der Waals surface area contributed by atoms with Gasteiger partial charge in [0.1, 0.15) is 0 Å². The number of aromatic nitrogens is 6. The van der Waals surface area contributed by atoms with Gasteiger partial charge in [-0.25, -0.2) is 0 Å². The maximum Gasteiger partial charge on any atom is 0.0998 e. The van der Waals surface area contributed by atoms with Gasteiger partial charge in [0.15, 0.2) is 0 Å². The molecule has 0 aliphatic rings. The summed E-state index contributed by atoms with van der Waals surface area (Å²) in [4.78, 5) is 0. The van der Waals surface area contributed by atoms with E-state index in [1.54, 1.807) is 0 Å². The predicted molar refractivity (Wildman–Crippen MR) is 601 cm³/mol. The van der Waals surface area contributed by atoms with Crippen LogP contribution >= 0.6 is 0 Å². The minimum absolute atomic E-state index is 0.678. The van der Waals surface area contributed by atoms with Gasteiger partial charge < -0.3 is 27.4 Å². The van der Waals surface area contributed by atoms with Gasteiger partial charge in [0.05, 0.1) is 101 Å². The number of hydrogen-bond donors (Lipinski definition) is 0. The van der Waals surface area contributed by atoms with Crippen LogP contribution in [0.1, 0.15) is 16.7 Å². The first-order valence-electron chi connectivity index (χ1n) is 48.7. The monoisotopic (exact) mass is 1830 g/mol. The van der Waals surface area contributed by atoms with E-state index in [1.165, 1.54) is 180 Å². The minimum Gasteiger partial charge on any atom is -0.309 e. The van der Waals surface area contributed by atoms with Crippen LogP contribution in [0.4, 0.5) is 0 Å². The molecule has 0 fully saturated rings. The summed E-state index contributed by atoms with van der Waals surface area (Å²) in [5, 5.41) is 57.1. The van der Waals surface area contributed by atoms with E-state index >= 15 is 0 Å². The van der Waals surface area contributed by atoms with Crippen molar-refractivity contribution in [3.05, 3.63) is 508 Å². The fraction of sp³-hybridized carbons (Fsp3) is 0. The Kier molecular flexibility index (Phi) is 19.0. The number of para-hydroxylation sites is 9. The van der Waals surface area contributed by atoms with E-state index in [9.17, 15) is 15.8 Å². The summed E-state index contributed by atoms with van der Waals surface area (Å²) in [6, 6.07) is 183. The molecule has 0 aliphatic carbocycles. The smallest absolute Gasteiger partial charge is 0.0998 e. The molecule has 144 heavy (non-hydrogen) atoms. The first-order valence-corrected chi connectivity index (χ1v) is 48.7. The largest absolute Gasteiger partial charge is 0.309 e. The molecule has 0 aliphatic heterocycles. The van der Waals surface area contributed by atoms with Crippen molar-refractivity contribution in [3.63, 3.8) is 0 Å². The van der Waals surface area contributed by atoms with E-state index < -0.39 is 0 Å². The van der Waals surface area contributed by atoms with E-state index in [4.69, 9.17) is 0 Å². The first-order chi connectivity index (χ1) is 71.3. The van der Waals surface area contributed by atoms with Crippen LogP contribution in [0.25, 0.3) is 263 Å². The Morgan fingerprint density at radius 1 is 0.125 bits per heavy atom. The lowest BCUT2D eigenvalue weighted by molar-refractivity contribution is 1.18. The van der Waals surface area contributed by atoms with Gasteiger partial charge in [0.25, 0.3) is 0 Å². The molecule has 6 aromatic heterocycles. The lowest BCUT2D eigenvalue weighted by Crippen LogP contribution is -1.94. The Bertz CT molecular complexity index is 10800. The fourth-order valence-corrected chi connectivity index (χ4v) is 23.2.